The summed E-state index contributed by atoms with van der Waals surface area (Å²) in [6.07, 6.45) is 4.03. The molecular formula is C19H28N4O. The van der Waals surface area contributed by atoms with Crippen LogP contribution in [0.5, 0.6) is 0 Å². The first-order valence-corrected chi connectivity index (χ1v) is 8.62. The van der Waals surface area contributed by atoms with Crippen molar-refractivity contribution in [2.24, 2.45) is 10.9 Å². The summed E-state index contributed by atoms with van der Waals surface area (Å²) in [5.41, 5.74) is 3.07. The predicted molar refractivity (Wildman–Crippen MR) is 98.9 cm³/mol. The van der Waals surface area contributed by atoms with Crippen molar-refractivity contribution < 1.29 is 4.42 Å². The summed E-state index contributed by atoms with van der Waals surface area (Å²) in [6, 6.07) is 8.16. The zero-order chi connectivity index (χ0) is 17.4. The largest absolute Gasteiger partial charge is 0.444 e. The van der Waals surface area contributed by atoms with Crippen molar-refractivity contribution in [2.75, 3.05) is 13.6 Å². The van der Waals surface area contributed by atoms with Gasteiger partial charge in [-0.3, -0.25) is 4.99 Å². The van der Waals surface area contributed by atoms with E-state index in [9.17, 15) is 0 Å². The number of hydrogen-bond acceptors (Lipinski definition) is 3. The van der Waals surface area contributed by atoms with E-state index in [0.717, 1.165) is 23.8 Å². The maximum atomic E-state index is 5.58. The molecule has 0 saturated carbocycles. The average Bonchev–Trinajstić information content (AvgIpc) is 3.08. The molecule has 0 unspecified atom stereocenters. The van der Waals surface area contributed by atoms with E-state index in [-0.39, 0.29) is 0 Å². The van der Waals surface area contributed by atoms with E-state index in [0.29, 0.717) is 18.4 Å². The first kappa shape index (κ1) is 18.0. The molecule has 24 heavy (non-hydrogen) atoms. The number of hydrogen-bond donors (Lipinski definition) is 2. The van der Waals surface area contributed by atoms with Crippen molar-refractivity contribution >= 4 is 5.96 Å². The van der Waals surface area contributed by atoms with Crippen LogP contribution in [0.1, 0.15) is 37.9 Å². The van der Waals surface area contributed by atoms with Gasteiger partial charge in [0.15, 0.2) is 5.96 Å². The lowest BCUT2D eigenvalue weighted by atomic mass is 10.0. The molecule has 0 bridgehead atoms. The highest BCUT2D eigenvalue weighted by Gasteiger charge is 2.08. The van der Waals surface area contributed by atoms with Gasteiger partial charge in [0.2, 0.25) is 5.89 Å². The van der Waals surface area contributed by atoms with Crippen LogP contribution in [0, 0.1) is 12.8 Å². The minimum absolute atomic E-state index is 0.581. The Balaban J connectivity index is 1.88. The second-order valence-corrected chi connectivity index (χ2v) is 6.00. The molecule has 0 saturated heterocycles. The molecule has 1 heterocycles. The fourth-order valence-corrected chi connectivity index (χ4v) is 2.43. The Morgan fingerprint density at radius 3 is 2.50 bits per heavy atom. The van der Waals surface area contributed by atoms with Gasteiger partial charge in [0.1, 0.15) is 6.26 Å². The Bertz CT molecular complexity index is 642. The van der Waals surface area contributed by atoms with Gasteiger partial charge in [0.05, 0.1) is 12.2 Å². The fourth-order valence-electron chi connectivity index (χ4n) is 2.43. The smallest absolute Gasteiger partial charge is 0.226 e. The molecule has 0 radical (unpaired) electrons. The number of aromatic nitrogens is 1. The number of benzene rings is 1. The summed E-state index contributed by atoms with van der Waals surface area (Å²) in [6.45, 7) is 8.01. The zero-order valence-electron chi connectivity index (χ0n) is 15.1. The minimum Gasteiger partial charge on any atom is -0.444 e. The van der Waals surface area contributed by atoms with Crippen LogP contribution in [0.2, 0.25) is 0 Å². The van der Waals surface area contributed by atoms with Gasteiger partial charge >= 0.3 is 0 Å². The summed E-state index contributed by atoms with van der Waals surface area (Å²) < 4.78 is 5.58. The molecule has 5 nitrogen and oxygen atoms in total. The number of guanidine groups is 1. The van der Waals surface area contributed by atoms with E-state index in [1.807, 2.05) is 12.1 Å². The maximum absolute atomic E-state index is 5.58. The summed E-state index contributed by atoms with van der Waals surface area (Å²) >= 11 is 0. The number of aryl methyl sites for hydroxylation is 1. The molecule has 1 aromatic heterocycles. The van der Waals surface area contributed by atoms with Crippen LogP contribution < -0.4 is 10.6 Å². The maximum Gasteiger partial charge on any atom is 0.226 e. The number of aliphatic imine (C=N–C) groups is 1. The normalized spacial score (nSPS) is 11.8. The van der Waals surface area contributed by atoms with Crippen molar-refractivity contribution in [3.8, 4) is 11.5 Å². The molecule has 0 aliphatic carbocycles. The monoisotopic (exact) mass is 328 g/mol. The van der Waals surface area contributed by atoms with Gasteiger partial charge in [-0.2, -0.15) is 0 Å². The number of rotatable bonds is 7. The molecule has 0 fully saturated rings. The van der Waals surface area contributed by atoms with Crippen LogP contribution in [0.4, 0.5) is 0 Å². The highest BCUT2D eigenvalue weighted by atomic mass is 16.3. The van der Waals surface area contributed by atoms with Crippen molar-refractivity contribution in [2.45, 2.75) is 40.2 Å². The van der Waals surface area contributed by atoms with Gasteiger partial charge in [0, 0.05) is 19.2 Å². The van der Waals surface area contributed by atoms with E-state index in [2.05, 4.69) is 53.5 Å². The summed E-state index contributed by atoms with van der Waals surface area (Å²) in [4.78, 5) is 8.79. The zero-order valence-corrected chi connectivity index (χ0v) is 15.1. The van der Waals surface area contributed by atoms with Crippen LogP contribution in [0.25, 0.3) is 11.5 Å². The molecule has 0 spiro atoms. The molecule has 2 rings (SSSR count). The molecule has 0 amide bonds. The lowest BCUT2D eigenvalue weighted by molar-refractivity contribution is 0.481. The van der Waals surface area contributed by atoms with Crippen LogP contribution in [-0.4, -0.2) is 24.5 Å². The molecule has 130 valence electrons. The number of oxazole rings is 1. The standard InChI is InChI=1S/C19H28N4O/c1-5-15(6-2)11-21-19(20-4)22-12-17-13-24-18(23-17)16-9-7-14(3)8-10-16/h7-10,13,15H,5-6,11-12H2,1-4H3,(H2,20,21,22). The van der Waals surface area contributed by atoms with E-state index >= 15 is 0 Å². The molecule has 2 aromatic rings. The van der Waals surface area contributed by atoms with Crippen molar-refractivity contribution in [1.29, 1.82) is 0 Å². The van der Waals surface area contributed by atoms with Crippen molar-refractivity contribution in [1.82, 2.24) is 15.6 Å². The summed E-state index contributed by atoms with van der Waals surface area (Å²) in [7, 11) is 1.78. The topological polar surface area (TPSA) is 62.5 Å². The molecule has 0 aliphatic rings. The SMILES string of the molecule is CCC(CC)CNC(=NC)NCc1coc(-c2ccc(C)cc2)n1. The van der Waals surface area contributed by atoms with E-state index in [4.69, 9.17) is 4.42 Å². The Labute approximate surface area is 144 Å². The Morgan fingerprint density at radius 1 is 1.17 bits per heavy atom. The fraction of sp³-hybridized carbons (Fsp3) is 0.474. The first-order chi connectivity index (χ1) is 11.7. The molecule has 0 atom stereocenters. The molecular weight excluding hydrogens is 300 g/mol. The third-order valence-electron chi connectivity index (χ3n) is 4.22. The molecule has 2 N–H and O–H groups in total. The van der Waals surface area contributed by atoms with Crippen LogP contribution >= 0.6 is 0 Å². The van der Waals surface area contributed by atoms with Crippen LogP contribution in [0.15, 0.2) is 39.9 Å². The average molecular weight is 328 g/mol. The summed E-state index contributed by atoms with van der Waals surface area (Å²) in [5.74, 6) is 2.11. The van der Waals surface area contributed by atoms with Crippen molar-refractivity contribution in [3.63, 3.8) is 0 Å². The minimum atomic E-state index is 0.581. The second-order valence-electron chi connectivity index (χ2n) is 6.00. The number of nitrogens with one attached hydrogen (secondary N) is 2. The second kappa shape index (κ2) is 9.11. The van der Waals surface area contributed by atoms with Gasteiger partial charge in [-0.1, -0.05) is 44.4 Å². The number of nitrogens with zero attached hydrogens (tertiary/aromatic N) is 2. The van der Waals surface area contributed by atoms with Crippen LogP contribution in [0.3, 0.4) is 0 Å². The van der Waals surface area contributed by atoms with Gasteiger partial charge in [-0.05, 0) is 25.0 Å². The Kier molecular flexibility index (Phi) is 6.85. The molecule has 5 heteroatoms. The van der Waals surface area contributed by atoms with Crippen LogP contribution in [-0.2, 0) is 6.54 Å². The van der Waals surface area contributed by atoms with E-state index in [1.165, 1.54) is 18.4 Å². The lowest BCUT2D eigenvalue weighted by Gasteiger charge is -2.16. The van der Waals surface area contributed by atoms with E-state index < -0.39 is 0 Å². The first-order valence-electron chi connectivity index (χ1n) is 8.62. The highest BCUT2D eigenvalue weighted by molar-refractivity contribution is 5.79. The highest BCUT2D eigenvalue weighted by Crippen LogP contribution is 2.18. The third-order valence-corrected chi connectivity index (χ3v) is 4.22. The van der Waals surface area contributed by atoms with E-state index in [1.54, 1.807) is 13.3 Å². The Hall–Kier alpha value is -2.30. The predicted octanol–water partition coefficient (Wildman–Crippen LogP) is 3.75. The van der Waals surface area contributed by atoms with Gasteiger partial charge < -0.3 is 15.1 Å². The van der Waals surface area contributed by atoms with Gasteiger partial charge in [-0.15, -0.1) is 0 Å². The lowest BCUT2D eigenvalue weighted by Crippen LogP contribution is -2.39. The van der Waals surface area contributed by atoms with Crippen molar-refractivity contribution in [3.05, 3.63) is 41.8 Å². The quantitative estimate of drug-likeness (QED) is 0.600. The van der Waals surface area contributed by atoms with Gasteiger partial charge in [0.25, 0.3) is 0 Å². The summed E-state index contributed by atoms with van der Waals surface area (Å²) in [5, 5.41) is 6.65. The molecule has 0 aliphatic heterocycles. The van der Waals surface area contributed by atoms with Gasteiger partial charge in [-0.25, -0.2) is 4.98 Å². The Morgan fingerprint density at radius 2 is 1.88 bits per heavy atom. The third kappa shape index (κ3) is 5.11. The molecule has 1 aromatic carbocycles.